The van der Waals surface area contributed by atoms with E-state index in [1.165, 1.54) is 16.8 Å². The molecule has 8 nitrogen and oxygen atoms in total. The van der Waals surface area contributed by atoms with Crippen LogP contribution in [0.1, 0.15) is 11.1 Å². The van der Waals surface area contributed by atoms with Crippen molar-refractivity contribution >= 4 is 17.8 Å². The molecule has 0 radical (unpaired) electrons. The zero-order valence-corrected chi connectivity index (χ0v) is 15.2. The normalized spacial score (nSPS) is 14.1. The maximum atomic E-state index is 12.4. The van der Waals surface area contributed by atoms with E-state index in [0.717, 1.165) is 16.0 Å². The molecule has 136 valence electrons. The minimum Gasteiger partial charge on any atom is -0.493 e. The maximum Gasteiger partial charge on any atom is 0.327 e. The number of carbonyl (C=O) groups is 3. The van der Waals surface area contributed by atoms with E-state index in [1.807, 2.05) is 19.1 Å². The molecule has 1 heterocycles. The molecule has 0 aromatic heterocycles. The molecule has 1 aliphatic rings. The Balaban J connectivity index is 2.09. The van der Waals surface area contributed by atoms with E-state index < -0.39 is 6.03 Å². The molecular formula is C17H23N3O5. The van der Waals surface area contributed by atoms with Crippen molar-refractivity contribution in [3.8, 4) is 11.5 Å². The molecule has 0 N–H and O–H groups in total. The molecule has 0 atom stereocenters. The van der Waals surface area contributed by atoms with Crippen molar-refractivity contribution in [3.05, 3.63) is 23.3 Å². The fourth-order valence-corrected chi connectivity index (χ4v) is 2.62. The zero-order valence-electron chi connectivity index (χ0n) is 15.2. The van der Waals surface area contributed by atoms with Gasteiger partial charge in [0.05, 0.1) is 14.2 Å². The Labute approximate surface area is 146 Å². The van der Waals surface area contributed by atoms with Crippen molar-refractivity contribution < 1.29 is 23.9 Å². The monoisotopic (exact) mass is 349 g/mol. The lowest BCUT2D eigenvalue weighted by atomic mass is 10.1. The molecule has 8 heteroatoms. The molecule has 0 aliphatic carbocycles. The van der Waals surface area contributed by atoms with Crippen molar-refractivity contribution in [2.24, 2.45) is 0 Å². The summed E-state index contributed by atoms with van der Waals surface area (Å²) in [7, 11) is 6.27. The number of rotatable bonds is 6. The number of aryl methyl sites for hydroxylation is 1. The van der Waals surface area contributed by atoms with Crippen molar-refractivity contribution in [1.29, 1.82) is 0 Å². The Morgan fingerprint density at radius 3 is 2.32 bits per heavy atom. The first-order valence-corrected chi connectivity index (χ1v) is 7.79. The van der Waals surface area contributed by atoms with Crippen LogP contribution >= 0.6 is 0 Å². The van der Waals surface area contributed by atoms with Crippen LogP contribution in [0.15, 0.2) is 12.1 Å². The Hall–Kier alpha value is -2.77. The molecule has 4 amide bonds. The highest BCUT2D eigenvalue weighted by Gasteiger charge is 2.35. The molecule has 1 aromatic rings. The number of likely N-dealkylation sites (N-methyl/N-ethyl adjacent to an activating group) is 2. The van der Waals surface area contributed by atoms with Gasteiger partial charge in [0, 0.05) is 20.6 Å². The van der Waals surface area contributed by atoms with Crippen molar-refractivity contribution in [2.75, 3.05) is 41.4 Å². The van der Waals surface area contributed by atoms with Gasteiger partial charge >= 0.3 is 6.03 Å². The Kier molecular flexibility index (Phi) is 5.51. The maximum absolute atomic E-state index is 12.4. The lowest BCUT2D eigenvalue weighted by Crippen LogP contribution is -2.41. The molecule has 1 aromatic carbocycles. The molecule has 0 spiro atoms. The van der Waals surface area contributed by atoms with Crippen LogP contribution in [0.4, 0.5) is 4.79 Å². The molecular weight excluding hydrogens is 326 g/mol. The van der Waals surface area contributed by atoms with E-state index in [1.54, 1.807) is 21.3 Å². The summed E-state index contributed by atoms with van der Waals surface area (Å²) < 4.78 is 10.5. The van der Waals surface area contributed by atoms with Crippen LogP contribution in [0.2, 0.25) is 0 Å². The number of urea groups is 1. The van der Waals surface area contributed by atoms with Crippen LogP contribution in [0, 0.1) is 6.92 Å². The Morgan fingerprint density at radius 2 is 1.80 bits per heavy atom. The van der Waals surface area contributed by atoms with Gasteiger partial charge in [-0.1, -0.05) is 0 Å². The number of hydrogen-bond donors (Lipinski definition) is 0. The molecule has 0 saturated carbocycles. The molecule has 25 heavy (non-hydrogen) atoms. The number of nitrogens with zero attached hydrogens (tertiary/aromatic N) is 3. The second-order valence-electron chi connectivity index (χ2n) is 6.00. The average molecular weight is 349 g/mol. The molecule has 0 bridgehead atoms. The third-order valence-electron chi connectivity index (χ3n) is 4.20. The van der Waals surface area contributed by atoms with Gasteiger partial charge in [0.2, 0.25) is 5.91 Å². The average Bonchev–Trinajstić information content (AvgIpc) is 2.82. The summed E-state index contributed by atoms with van der Waals surface area (Å²) in [6.45, 7) is 1.99. The number of benzene rings is 1. The second-order valence-corrected chi connectivity index (χ2v) is 6.00. The van der Waals surface area contributed by atoms with Crippen molar-refractivity contribution in [2.45, 2.75) is 13.5 Å². The van der Waals surface area contributed by atoms with Gasteiger partial charge in [0.25, 0.3) is 5.91 Å². The van der Waals surface area contributed by atoms with Crippen LogP contribution in [-0.2, 0) is 16.1 Å². The van der Waals surface area contributed by atoms with E-state index in [-0.39, 0.29) is 24.9 Å². The fourth-order valence-electron chi connectivity index (χ4n) is 2.62. The van der Waals surface area contributed by atoms with E-state index in [9.17, 15) is 14.4 Å². The van der Waals surface area contributed by atoms with Gasteiger partial charge in [-0.3, -0.25) is 14.5 Å². The lowest BCUT2D eigenvalue weighted by Gasteiger charge is -2.22. The van der Waals surface area contributed by atoms with Crippen molar-refractivity contribution in [3.63, 3.8) is 0 Å². The smallest absolute Gasteiger partial charge is 0.327 e. The highest BCUT2D eigenvalue weighted by Crippen LogP contribution is 2.30. The van der Waals surface area contributed by atoms with Gasteiger partial charge in [0.1, 0.15) is 13.1 Å². The number of ether oxygens (including phenoxy) is 2. The topological polar surface area (TPSA) is 79.4 Å². The van der Waals surface area contributed by atoms with Crippen LogP contribution in [-0.4, -0.2) is 73.9 Å². The molecule has 1 aliphatic heterocycles. The highest BCUT2D eigenvalue weighted by molar-refractivity contribution is 6.04. The first-order chi connectivity index (χ1) is 11.8. The third-order valence-corrected chi connectivity index (χ3v) is 4.20. The SMILES string of the molecule is COc1cc(C)c(CN(C)C(=O)CN2C(=O)CN(C)C2=O)cc1OC. The van der Waals surface area contributed by atoms with E-state index in [2.05, 4.69) is 0 Å². The highest BCUT2D eigenvalue weighted by atomic mass is 16.5. The Bertz CT molecular complexity index is 704. The van der Waals surface area contributed by atoms with Gasteiger partial charge in [-0.25, -0.2) is 4.79 Å². The minimum atomic E-state index is -0.450. The number of amides is 4. The van der Waals surface area contributed by atoms with Crippen molar-refractivity contribution in [1.82, 2.24) is 14.7 Å². The summed E-state index contributed by atoms with van der Waals surface area (Å²) >= 11 is 0. The van der Waals surface area contributed by atoms with Gasteiger partial charge in [0.15, 0.2) is 11.5 Å². The van der Waals surface area contributed by atoms with Gasteiger partial charge < -0.3 is 19.3 Å². The predicted octanol–water partition coefficient (Wildman–Crippen LogP) is 0.865. The Morgan fingerprint density at radius 1 is 1.20 bits per heavy atom. The summed E-state index contributed by atoms with van der Waals surface area (Å²) in [4.78, 5) is 39.8. The molecule has 0 unspecified atom stereocenters. The van der Waals surface area contributed by atoms with E-state index in [0.29, 0.717) is 18.0 Å². The van der Waals surface area contributed by atoms with Gasteiger partial charge in [-0.15, -0.1) is 0 Å². The first kappa shape index (κ1) is 18.6. The molecule has 2 rings (SSSR count). The number of methoxy groups -OCH3 is 2. The zero-order chi connectivity index (χ0) is 18.7. The molecule has 1 fully saturated rings. The van der Waals surface area contributed by atoms with Crippen LogP contribution in [0.25, 0.3) is 0 Å². The second kappa shape index (κ2) is 7.42. The predicted molar refractivity (Wildman–Crippen MR) is 90.5 cm³/mol. The molecule has 1 saturated heterocycles. The summed E-state index contributed by atoms with van der Waals surface area (Å²) in [5.74, 6) is 0.521. The van der Waals surface area contributed by atoms with Crippen LogP contribution in [0.5, 0.6) is 11.5 Å². The minimum absolute atomic E-state index is 0.00458. The summed E-state index contributed by atoms with van der Waals surface area (Å²) in [5.41, 5.74) is 1.84. The first-order valence-electron chi connectivity index (χ1n) is 7.79. The lowest BCUT2D eigenvalue weighted by molar-refractivity contribution is -0.136. The quantitative estimate of drug-likeness (QED) is 0.712. The summed E-state index contributed by atoms with van der Waals surface area (Å²) in [5, 5.41) is 0. The van der Waals surface area contributed by atoms with Crippen LogP contribution in [0.3, 0.4) is 0 Å². The van der Waals surface area contributed by atoms with Gasteiger partial charge in [-0.05, 0) is 30.2 Å². The number of carbonyl (C=O) groups excluding carboxylic acids is 3. The number of hydrogen-bond acceptors (Lipinski definition) is 5. The summed E-state index contributed by atoms with van der Waals surface area (Å²) in [6, 6.07) is 3.21. The van der Waals surface area contributed by atoms with E-state index >= 15 is 0 Å². The third kappa shape index (κ3) is 3.84. The number of imide groups is 1. The standard InChI is InChI=1S/C17H23N3O5/c1-11-6-13(24-4)14(25-5)7-12(11)8-18(2)15(21)10-20-16(22)9-19(3)17(20)23/h6-7H,8-10H2,1-5H3. The van der Waals surface area contributed by atoms with E-state index in [4.69, 9.17) is 9.47 Å². The summed E-state index contributed by atoms with van der Waals surface area (Å²) in [6.07, 6.45) is 0. The van der Waals surface area contributed by atoms with Crippen LogP contribution < -0.4 is 9.47 Å². The van der Waals surface area contributed by atoms with Gasteiger partial charge in [-0.2, -0.15) is 0 Å². The fraction of sp³-hybridized carbons (Fsp3) is 0.471. The largest absolute Gasteiger partial charge is 0.493 e.